The Morgan fingerprint density at radius 2 is 1.62 bits per heavy atom. The van der Waals surface area contributed by atoms with Gasteiger partial charge in [0.1, 0.15) is 11.6 Å². The predicted octanol–water partition coefficient (Wildman–Crippen LogP) is 6.16. The van der Waals surface area contributed by atoms with Gasteiger partial charge in [-0.2, -0.15) is 0 Å². The number of hydrogen-bond donors (Lipinski definition) is 1. The van der Waals surface area contributed by atoms with E-state index in [0.717, 1.165) is 24.3 Å². The van der Waals surface area contributed by atoms with Crippen LogP contribution in [0.15, 0.2) is 48.5 Å². The highest BCUT2D eigenvalue weighted by Gasteiger charge is 2.13. The standard InChI is InChI=1S/C27H37N3O2/c1-3-4-5-6-7-8-9-14-21-30-24-17-12-11-16-23(24)29-26(30)19-20-28-27(31)22-15-10-13-18-25(22)32-2/h10-13,15-18H,3-9,14,19-21H2,1-2H3,(H,28,31). The second-order valence-corrected chi connectivity index (χ2v) is 8.35. The first-order valence-corrected chi connectivity index (χ1v) is 12.1. The topological polar surface area (TPSA) is 56.2 Å². The van der Waals surface area contributed by atoms with Crippen molar-refractivity contribution >= 4 is 16.9 Å². The molecule has 32 heavy (non-hydrogen) atoms. The molecule has 2 aromatic carbocycles. The third-order valence-electron chi connectivity index (χ3n) is 5.95. The molecule has 0 aliphatic carbocycles. The smallest absolute Gasteiger partial charge is 0.255 e. The van der Waals surface area contributed by atoms with Gasteiger partial charge in [-0.25, -0.2) is 4.98 Å². The van der Waals surface area contributed by atoms with Crippen LogP contribution in [0.2, 0.25) is 0 Å². The van der Waals surface area contributed by atoms with E-state index in [2.05, 4.69) is 35.0 Å². The van der Waals surface area contributed by atoms with Gasteiger partial charge in [0.05, 0.1) is 23.7 Å². The van der Waals surface area contributed by atoms with Crippen molar-refractivity contribution in [1.29, 1.82) is 0 Å². The highest BCUT2D eigenvalue weighted by atomic mass is 16.5. The lowest BCUT2D eigenvalue weighted by atomic mass is 10.1. The Labute approximate surface area is 192 Å². The van der Waals surface area contributed by atoms with E-state index in [-0.39, 0.29) is 5.91 Å². The summed E-state index contributed by atoms with van der Waals surface area (Å²) in [6.07, 6.45) is 11.2. The summed E-state index contributed by atoms with van der Waals surface area (Å²) in [7, 11) is 1.58. The number of hydrogen-bond acceptors (Lipinski definition) is 3. The van der Waals surface area contributed by atoms with Crippen LogP contribution >= 0.6 is 0 Å². The van der Waals surface area contributed by atoms with Gasteiger partial charge < -0.3 is 14.6 Å². The number of rotatable bonds is 14. The van der Waals surface area contributed by atoms with Crippen LogP contribution in [0, 0.1) is 0 Å². The van der Waals surface area contributed by atoms with Crippen molar-refractivity contribution in [3.63, 3.8) is 0 Å². The van der Waals surface area contributed by atoms with Gasteiger partial charge in [0.15, 0.2) is 0 Å². The van der Waals surface area contributed by atoms with E-state index in [1.807, 2.05) is 18.2 Å². The fourth-order valence-corrected chi connectivity index (χ4v) is 4.18. The van der Waals surface area contributed by atoms with Gasteiger partial charge in [0, 0.05) is 19.5 Å². The summed E-state index contributed by atoms with van der Waals surface area (Å²) in [6.45, 7) is 3.78. The summed E-state index contributed by atoms with van der Waals surface area (Å²) >= 11 is 0. The molecule has 0 bridgehead atoms. The zero-order chi connectivity index (χ0) is 22.6. The zero-order valence-corrected chi connectivity index (χ0v) is 19.6. The first kappa shape index (κ1) is 23.8. The lowest BCUT2D eigenvalue weighted by Crippen LogP contribution is -2.27. The largest absolute Gasteiger partial charge is 0.496 e. The predicted molar refractivity (Wildman–Crippen MR) is 131 cm³/mol. The fourth-order valence-electron chi connectivity index (χ4n) is 4.18. The zero-order valence-electron chi connectivity index (χ0n) is 19.6. The first-order valence-electron chi connectivity index (χ1n) is 12.1. The Hall–Kier alpha value is -2.82. The summed E-state index contributed by atoms with van der Waals surface area (Å²) in [5, 5.41) is 3.02. The molecule has 5 heteroatoms. The van der Waals surface area contributed by atoms with Crippen LogP contribution in [-0.4, -0.2) is 29.1 Å². The van der Waals surface area contributed by atoms with E-state index >= 15 is 0 Å². The van der Waals surface area contributed by atoms with E-state index in [1.54, 1.807) is 19.2 Å². The van der Waals surface area contributed by atoms with Gasteiger partial charge in [-0.15, -0.1) is 0 Å². The highest BCUT2D eigenvalue weighted by molar-refractivity contribution is 5.96. The lowest BCUT2D eigenvalue weighted by molar-refractivity contribution is 0.0951. The van der Waals surface area contributed by atoms with Gasteiger partial charge in [-0.05, 0) is 30.7 Å². The van der Waals surface area contributed by atoms with Gasteiger partial charge in [-0.3, -0.25) is 4.79 Å². The van der Waals surface area contributed by atoms with E-state index in [0.29, 0.717) is 24.3 Å². The molecule has 3 aromatic rings. The van der Waals surface area contributed by atoms with Crippen molar-refractivity contribution in [1.82, 2.24) is 14.9 Å². The number of carbonyl (C=O) groups excluding carboxylic acids is 1. The van der Waals surface area contributed by atoms with Crippen LogP contribution in [0.3, 0.4) is 0 Å². The number of benzene rings is 2. The molecule has 0 aliphatic rings. The number of aromatic nitrogens is 2. The van der Waals surface area contributed by atoms with Gasteiger partial charge >= 0.3 is 0 Å². The normalized spacial score (nSPS) is 11.1. The Balaban J connectivity index is 1.55. The van der Waals surface area contributed by atoms with Crippen LogP contribution in [0.25, 0.3) is 11.0 Å². The van der Waals surface area contributed by atoms with Crippen LogP contribution in [0.5, 0.6) is 5.75 Å². The summed E-state index contributed by atoms with van der Waals surface area (Å²) in [4.78, 5) is 17.4. The van der Waals surface area contributed by atoms with Crippen molar-refractivity contribution in [2.45, 2.75) is 71.3 Å². The maximum Gasteiger partial charge on any atom is 0.255 e. The molecular weight excluding hydrogens is 398 g/mol. The molecule has 0 saturated carbocycles. The number of imidazole rings is 1. The number of ether oxygens (including phenoxy) is 1. The minimum absolute atomic E-state index is 0.117. The summed E-state index contributed by atoms with van der Waals surface area (Å²) in [6, 6.07) is 15.6. The third kappa shape index (κ3) is 6.59. The van der Waals surface area contributed by atoms with Crippen LogP contribution in [0.1, 0.15) is 74.5 Å². The minimum atomic E-state index is -0.117. The van der Waals surface area contributed by atoms with Crippen molar-refractivity contribution < 1.29 is 9.53 Å². The third-order valence-corrected chi connectivity index (χ3v) is 5.95. The monoisotopic (exact) mass is 435 g/mol. The molecule has 0 saturated heterocycles. The summed E-state index contributed by atoms with van der Waals surface area (Å²) in [5.41, 5.74) is 2.77. The van der Waals surface area contributed by atoms with Gasteiger partial charge in [0.25, 0.3) is 5.91 Å². The van der Waals surface area contributed by atoms with Crippen LogP contribution < -0.4 is 10.1 Å². The van der Waals surface area contributed by atoms with Crippen molar-refractivity contribution in [3.8, 4) is 5.75 Å². The van der Waals surface area contributed by atoms with Gasteiger partial charge in [-0.1, -0.05) is 76.1 Å². The van der Waals surface area contributed by atoms with E-state index in [1.165, 1.54) is 50.5 Å². The summed E-state index contributed by atoms with van der Waals surface area (Å²) in [5.74, 6) is 1.51. The lowest BCUT2D eigenvalue weighted by Gasteiger charge is -2.11. The maximum atomic E-state index is 12.6. The molecule has 0 unspecified atom stereocenters. The quantitative estimate of drug-likeness (QED) is 0.309. The number of nitrogens with one attached hydrogen (secondary N) is 1. The van der Waals surface area contributed by atoms with Crippen LogP contribution in [-0.2, 0) is 13.0 Å². The van der Waals surface area contributed by atoms with Crippen LogP contribution in [0.4, 0.5) is 0 Å². The average molecular weight is 436 g/mol. The molecule has 1 aromatic heterocycles. The molecule has 1 N–H and O–H groups in total. The number of amides is 1. The van der Waals surface area contributed by atoms with Crippen molar-refractivity contribution in [2.24, 2.45) is 0 Å². The number of para-hydroxylation sites is 3. The Morgan fingerprint density at radius 3 is 2.41 bits per heavy atom. The number of carbonyl (C=O) groups is 1. The fraction of sp³-hybridized carbons (Fsp3) is 0.481. The molecule has 1 heterocycles. The maximum absolute atomic E-state index is 12.6. The van der Waals surface area contributed by atoms with Gasteiger partial charge in [0.2, 0.25) is 0 Å². The number of aryl methyl sites for hydroxylation is 1. The Bertz CT molecular complexity index is 980. The second-order valence-electron chi connectivity index (χ2n) is 8.35. The molecule has 3 rings (SSSR count). The Kier molecular flexibility index (Phi) is 9.60. The Morgan fingerprint density at radius 1 is 0.938 bits per heavy atom. The number of fused-ring (bicyclic) bond motifs is 1. The molecule has 0 atom stereocenters. The highest BCUT2D eigenvalue weighted by Crippen LogP contribution is 2.19. The molecule has 0 radical (unpaired) electrons. The molecular formula is C27H37N3O2. The molecule has 1 amide bonds. The van der Waals surface area contributed by atoms with Crippen molar-refractivity contribution in [2.75, 3.05) is 13.7 Å². The minimum Gasteiger partial charge on any atom is -0.496 e. The SMILES string of the molecule is CCCCCCCCCCn1c(CCNC(=O)c2ccccc2OC)nc2ccccc21. The van der Waals surface area contributed by atoms with E-state index in [9.17, 15) is 4.79 Å². The molecule has 0 fully saturated rings. The molecule has 5 nitrogen and oxygen atoms in total. The van der Waals surface area contributed by atoms with E-state index < -0.39 is 0 Å². The second kappa shape index (κ2) is 12.9. The average Bonchev–Trinajstić information content (AvgIpc) is 3.18. The summed E-state index contributed by atoms with van der Waals surface area (Å²) < 4.78 is 7.64. The molecule has 172 valence electrons. The molecule has 0 aliphatic heterocycles. The number of unbranched alkanes of at least 4 members (excludes halogenated alkanes) is 7. The molecule has 0 spiro atoms. The first-order chi connectivity index (χ1) is 15.7. The van der Waals surface area contributed by atoms with E-state index in [4.69, 9.17) is 9.72 Å². The van der Waals surface area contributed by atoms with Crippen molar-refractivity contribution in [3.05, 3.63) is 59.9 Å². The number of nitrogens with zero attached hydrogens (tertiary/aromatic N) is 2. The number of methoxy groups -OCH3 is 1.